The van der Waals surface area contributed by atoms with E-state index in [4.69, 9.17) is 4.74 Å². The maximum atomic E-state index is 12.5. The zero-order valence-electron chi connectivity index (χ0n) is 13.6. The third-order valence-electron chi connectivity index (χ3n) is 4.05. The van der Waals surface area contributed by atoms with Crippen LogP contribution in [0.3, 0.4) is 0 Å². The lowest BCUT2D eigenvalue weighted by molar-refractivity contribution is 0.0858. The minimum atomic E-state index is -0.232. The monoisotopic (exact) mass is 450 g/mol. The van der Waals surface area contributed by atoms with Crippen LogP contribution >= 0.6 is 22.6 Å². The number of nitrogens with one attached hydrogen (secondary N) is 2. The first-order valence-corrected chi connectivity index (χ1v) is 9.28. The minimum Gasteiger partial charge on any atom is -0.376 e. The minimum absolute atomic E-state index is 0.0802. The highest BCUT2D eigenvalue weighted by molar-refractivity contribution is 14.1. The smallest absolute Gasteiger partial charge is 0.256 e. The number of carbonyl (C=O) groups is 2. The molecule has 2 aromatic rings. The normalized spacial score (nSPS) is 16.4. The van der Waals surface area contributed by atoms with E-state index in [-0.39, 0.29) is 17.9 Å². The van der Waals surface area contributed by atoms with Gasteiger partial charge in [0.25, 0.3) is 11.8 Å². The van der Waals surface area contributed by atoms with E-state index in [2.05, 4.69) is 33.2 Å². The van der Waals surface area contributed by atoms with Crippen LogP contribution in [0.25, 0.3) is 0 Å². The summed E-state index contributed by atoms with van der Waals surface area (Å²) in [7, 11) is 0. The van der Waals surface area contributed by atoms with Crippen LogP contribution in [-0.2, 0) is 4.74 Å². The standard InChI is InChI=1S/C19H19IN2O3/c20-16-9-3-1-7-14(16)19(24)22-17-10-4-2-8-15(17)18(23)21-12-13-6-5-11-25-13/h1-4,7-10,13H,5-6,11-12H2,(H,21,23)(H,22,24). The van der Waals surface area contributed by atoms with Crippen LogP contribution in [0.4, 0.5) is 5.69 Å². The highest BCUT2D eigenvalue weighted by Crippen LogP contribution is 2.19. The summed E-state index contributed by atoms with van der Waals surface area (Å²) in [5, 5.41) is 5.73. The van der Waals surface area contributed by atoms with Crippen molar-refractivity contribution < 1.29 is 14.3 Å². The number of hydrogen-bond acceptors (Lipinski definition) is 3. The SMILES string of the molecule is O=C(Nc1ccccc1C(=O)NCC1CCCO1)c1ccccc1I. The highest BCUT2D eigenvalue weighted by atomic mass is 127. The average molecular weight is 450 g/mol. The Kier molecular flexibility index (Phi) is 6.04. The molecular weight excluding hydrogens is 431 g/mol. The number of benzene rings is 2. The molecule has 5 nitrogen and oxygen atoms in total. The van der Waals surface area contributed by atoms with E-state index in [1.165, 1.54) is 0 Å². The Hall–Kier alpha value is -1.93. The lowest BCUT2D eigenvalue weighted by atomic mass is 10.1. The van der Waals surface area contributed by atoms with Gasteiger partial charge in [0.05, 0.1) is 22.9 Å². The fourth-order valence-corrected chi connectivity index (χ4v) is 3.36. The summed E-state index contributed by atoms with van der Waals surface area (Å²) >= 11 is 2.12. The number of amides is 2. The van der Waals surface area contributed by atoms with E-state index in [1.807, 2.05) is 18.2 Å². The van der Waals surface area contributed by atoms with Gasteiger partial charge in [-0.15, -0.1) is 0 Å². The lowest BCUT2D eigenvalue weighted by Crippen LogP contribution is -2.32. The Morgan fingerprint density at radius 1 is 1.04 bits per heavy atom. The van der Waals surface area contributed by atoms with Crippen molar-refractivity contribution >= 4 is 40.1 Å². The number of carbonyl (C=O) groups excluding carboxylic acids is 2. The van der Waals surface area contributed by atoms with E-state index >= 15 is 0 Å². The first-order chi connectivity index (χ1) is 12.1. The van der Waals surface area contributed by atoms with Gasteiger partial charge in [0.2, 0.25) is 0 Å². The first kappa shape index (κ1) is 17.9. The average Bonchev–Trinajstić information content (AvgIpc) is 3.14. The Balaban J connectivity index is 1.71. The second kappa shape index (κ2) is 8.44. The van der Waals surface area contributed by atoms with E-state index in [1.54, 1.807) is 30.3 Å². The quantitative estimate of drug-likeness (QED) is 0.686. The van der Waals surface area contributed by atoms with Crippen molar-refractivity contribution in [3.05, 3.63) is 63.2 Å². The summed E-state index contributed by atoms with van der Waals surface area (Å²) < 4.78 is 6.38. The van der Waals surface area contributed by atoms with Crippen LogP contribution in [0.15, 0.2) is 48.5 Å². The summed E-state index contributed by atoms with van der Waals surface area (Å²) in [6.07, 6.45) is 2.07. The molecule has 1 saturated heterocycles. The Labute approximate surface area is 160 Å². The number of hydrogen-bond donors (Lipinski definition) is 2. The summed E-state index contributed by atoms with van der Waals surface area (Å²) in [6.45, 7) is 1.24. The topological polar surface area (TPSA) is 67.4 Å². The molecule has 0 aromatic heterocycles. The molecule has 3 rings (SSSR count). The lowest BCUT2D eigenvalue weighted by Gasteiger charge is -2.14. The largest absolute Gasteiger partial charge is 0.376 e. The van der Waals surface area contributed by atoms with Crippen molar-refractivity contribution in [3.8, 4) is 0 Å². The Morgan fingerprint density at radius 2 is 1.76 bits per heavy atom. The van der Waals surface area contributed by atoms with Crippen LogP contribution in [-0.4, -0.2) is 31.1 Å². The first-order valence-electron chi connectivity index (χ1n) is 8.20. The zero-order valence-corrected chi connectivity index (χ0v) is 15.8. The predicted octanol–water partition coefficient (Wildman–Crippen LogP) is 3.45. The second-order valence-corrected chi connectivity index (χ2v) is 6.99. The fourth-order valence-electron chi connectivity index (χ4n) is 2.73. The van der Waals surface area contributed by atoms with Gasteiger partial charge in [0.15, 0.2) is 0 Å². The summed E-state index contributed by atoms with van der Waals surface area (Å²) in [6, 6.07) is 14.3. The molecule has 1 atom stereocenters. The molecule has 2 amide bonds. The third kappa shape index (κ3) is 4.58. The van der Waals surface area contributed by atoms with Gasteiger partial charge >= 0.3 is 0 Å². The number of anilines is 1. The number of ether oxygens (including phenoxy) is 1. The summed E-state index contributed by atoms with van der Waals surface area (Å²) in [5.74, 6) is -0.446. The molecular formula is C19H19IN2O3. The number of rotatable bonds is 5. The van der Waals surface area contributed by atoms with Crippen molar-refractivity contribution in [1.82, 2.24) is 5.32 Å². The second-order valence-electron chi connectivity index (χ2n) is 5.82. The van der Waals surface area contributed by atoms with Crippen LogP contribution in [0.1, 0.15) is 33.6 Å². The van der Waals surface area contributed by atoms with Gasteiger partial charge in [-0.05, 0) is 59.7 Å². The molecule has 0 spiro atoms. The Morgan fingerprint density at radius 3 is 2.48 bits per heavy atom. The third-order valence-corrected chi connectivity index (χ3v) is 4.99. The van der Waals surface area contributed by atoms with Crippen molar-refractivity contribution in [1.29, 1.82) is 0 Å². The maximum absolute atomic E-state index is 12.5. The molecule has 1 aliphatic rings. The van der Waals surface area contributed by atoms with Crippen LogP contribution in [0.2, 0.25) is 0 Å². The van der Waals surface area contributed by atoms with Crippen molar-refractivity contribution in [2.45, 2.75) is 18.9 Å². The fraction of sp³-hybridized carbons (Fsp3) is 0.263. The van der Waals surface area contributed by atoms with Crippen LogP contribution in [0.5, 0.6) is 0 Å². The molecule has 1 aliphatic heterocycles. The molecule has 0 aliphatic carbocycles. The molecule has 2 N–H and O–H groups in total. The van der Waals surface area contributed by atoms with E-state index in [9.17, 15) is 9.59 Å². The van der Waals surface area contributed by atoms with Gasteiger partial charge < -0.3 is 15.4 Å². The molecule has 25 heavy (non-hydrogen) atoms. The number of halogens is 1. The molecule has 0 bridgehead atoms. The van der Waals surface area contributed by atoms with Crippen LogP contribution in [0, 0.1) is 3.57 Å². The van der Waals surface area contributed by atoms with E-state index < -0.39 is 0 Å². The number of para-hydroxylation sites is 1. The van der Waals surface area contributed by atoms with Gasteiger partial charge in [-0.2, -0.15) is 0 Å². The summed E-state index contributed by atoms with van der Waals surface area (Å²) in [4.78, 5) is 25.0. The highest BCUT2D eigenvalue weighted by Gasteiger charge is 2.19. The summed E-state index contributed by atoms with van der Waals surface area (Å²) in [5.41, 5.74) is 1.52. The maximum Gasteiger partial charge on any atom is 0.256 e. The van der Waals surface area contributed by atoms with Crippen LogP contribution < -0.4 is 10.6 Å². The molecule has 2 aromatic carbocycles. The van der Waals surface area contributed by atoms with Gasteiger partial charge in [0.1, 0.15) is 0 Å². The molecule has 6 heteroatoms. The molecule has 0 radical (unpaired) electrons. The molecule has 1 fully saturated rings. The van der Waals surface area contributed by atoms with Gasteiger partial charge in [-0.1, -0.05) is 24.3 Å². The van der Waals surface area contributed by atoms with Gasteiger partial charge in [0, 0.05) is 16.7 Å². The van der Waals surface area contributed by atoms with Crippen molar-refractivity contribution in [2.24, 2.45) is 0 Å². The van der Waals surface area contributed by atoms with Gasteiger partial charge in [-0.3, -0.25) is 9.59 Å². The Bertz CT molecular complexity index is 773. The van der Waals surface area contributed by atoms with E-state index in [0.29, 0.717) is 23.4 Å². The predicted molar refractivity (Wildman–Crippen MR) is 105 cm³/mol. The van der Waals surface area contributed by atoms with Crippen molar-refractivity contribution in [2.75, 3.05) is 18.5 Å². The molecule has 1 heterocycles. The van der Waals surface area contributed by atoms with E-state index in [0.717, 1.165) is 23.0 Å². The van der Waals surface area contributed by atoms with Gasteiger partial charge in [-0.25, -0.2) is 0 Å². The zero-order chi connectivity index (χ0) is 17.6. The molecule has 0 saturated carbocycles. The molecule has 1 unspecified atom stereocenters. The molecule has 130 valence electrons. The van der Waals surface area contributed by atoms with Crippen molar-refractivity contribution in [3.63, 3.8) is 0 Å².